The molecular formula is C14H12N4O3S2. The number of hydrogen-bond acceptors (Lipinski definition) is 7. The lowest BCUT2D eigenvalue weighted by Crippen LogP contribution is -1.93. The van der Waals surface area contributed by atoms with Gasteiger partial charge in [0.05, 0.1) is 11.2 Å². The molecule has 23 heavy (non-hydrogen) atoms. The summed E-state index contributed by atoms with van der Waals surface area (Å²) in [7, 11) is -2.72. The summed E-state index contributed by atoms with van der Waals surface area (Å²) in [5.41, 5.74) is 2.49. The molecule has 0 aliphatic heterocycles. The van der Waals surface area contributed by atoms with Crippen LogP contribution in [0.4, 0.5) is 16.4 Å². The standard InChI is InChI=1S/C14H12N4O3S2/c1-8-6-9(3-5-13(8)19)15-16-14-11-7-10(18-23(20)21)2-4-12(11)17-22-14/h2-7,19,23H,1H3,(H,18,20,21)/b16-15+. The van der Waals surface area contributed by atoms with Crippen LogP contribution in [0.3, 0.4) is 0 Å². The molecule has 0 bridgehead atoms. The predicted molar refractivity (Wildman–Crippen MR) is 90.6 cm³/mol. The maximum atomic E-state index is 10.7. The minimum atomic E-state index is -2.72. The molecule has 3 aromatic rings. The first-order valence-corrected chi connectivity index (χ1v) is 8.50. The van der Waals surface area contributed by atoms with Crippen molar-refractivity contribution in [3.63, 3.8) is 0 Å². The number of fused-ring (bicyclic) bond motifs is 1. The van der Waals surface area contributed by atoms with Crippen molar-refractivity contribution in [3.8, 4) is 5.75 Å². The first kappa shape index (κ1) is 15.4. The summed E-state index contributed by atoms with van der Waals surface area (Å²) < 4.78 is 28.1. The third-order valence-corrected chi connectivity index (χ3v) is 4.32. The molecule has 0 saturated carbocycles. The van der Waals surface area contributed by atoms with Gasteiger partial charge in [-0.1, -0.05) is 0 Å². The van der Waals surface area contributed by atoms with E-state index in [1.165, 1.54) is 11.5 Å². The van der Waals surface area contributed by atoms with Crippen molar-refractivity contribution in [2.75, 3.05) is 4.72 Å². The average molecular weight is 348 g/mol. The fourth-order valence-corrected chi connectivity index (χ4v) is 3.01. The zero-order valence-corrected chi connectivity index (χ0v) is 13.6. The second-order valence-electron chi connectivity index (χ2n) is 4.76. The Morgan fingerprint density at radius 1 is 1.17 bits per heavy atom. The Kier molecular flexibility index (Phi) is 4.22. The summed E-state index contributed by atoms with van der Waals surface area (Å²) in [6.07, 6.45) is 0. The van der Waals surface area contributed by atoms with E-state index in [1.807, 2.05) is 0 Å². The number of aromatic hydroxyl groups is 1. The number of aromatic nitrogens is 1. The maximum Gasteiger partial charge on any atom is 0.222 e. The van der Waals surface area contributed by atoms with Crippen molar-refractivity contribution in [2.45, 2.75) is 6.92 Å². The van der Waals surface area contributed by atoms with Gasteiger partial charge >= 0.3 is 0 Å². The molecule has 118 valence electrons. The number of azo groups is 1. The van der Waals surface area contributed by atoms with E-state index in [9.17, 15) is 13.5 Å². The minimum Gasteiger partial charge on any atom is -0.508 e. The molecule has 0 atom stereocenters. The van der Waals surface area contributed by atoms with Crippen molar-refractivity contribution in [1.82, 2.24) is 4.37 Å². The highest BCUT2D eigenvalue weighted by atomic mass is 32.2. The molecule has 1 aromatic heterocycles. The molecular weight excluding hydrogens is 336 g/mol. The van der Waals surface area contributed by atoms with E-state index in [2.05, 4.69) is 19.3 Å². The lowest BCUT2D eigenvalue weighted by Gasteiger charge is -1.99. The van der Waals surface area contributed by atoms with Crippen LogP contribution in [0.15, 0.2) is 46.6 Å². The Morgan fingerprint density at radius 2 is 2.00 bits per heavy atom. The first-order valence-electron chi connectivity index (χ1n) is 6.55. The van der Waals surface area contributed by atoms with Gasteiger partial charge in [0, 0.05) is 11.1 Å². The number of nitrogens with one attached hydrogen (secondary N) is 1. The normalized spacial score (nSPS) is 11.6. The highest BCUT2D eigenvalue weighted by Gasteiger charge is 2.07. The summed E-state index contributed by atoms with van der Waals surface area (Å²) in [5, 5.41) is 19.1. The quantitative estimate of drug-likeness (QED) is 0.494. The molecule has 0 fully saturated rings. The van der Waals surface area contributed by atoms with Gasteiger partial charge in [0.1, 0.15) is 5.75 Å². The summed E-state index contributed by atoms with van der Waals surface area (Å²) in [5.74, 6) is 0.203. The molecule has 0 aliphatic rings. The monoisotopic (exact) mass is 348 g/mol. The molecule has 7 nitrogen and oxygen atoms in total. The van der Waals surface area contributed by atoms with Crippen molar-refractivity contribution < 1.29 is 13.5 Å². The van der Waals surface area contributed by atoms with Crippen LogP contribution in [-0.4, -0.2) is 17.9 Å². The van der Waals surface area contributed by atoms with Crippen molar-refractivity contribution in [1.29, 1.82) is 0 Å². The number of thiol groups is 1. The Balaban J connectivity index is 1.95. The molecule has 2 N–H and O–H groups in total. The molecule has 3 rings (SSSR count). The van der Waals surface area contributed by atoms with E-state index in [4.69, 9.17) is 0 Å². The third-order valence-electron chi connectivity index (χ3n) is 3.11. The number of rotatable bonds is 4. The van der Waals surface area contributed by atoms with E-state index in [-0.39, 0.29) is 5.75 Å². The van der Waals surface area contributed by atoms with Gasteiger partial charge in [0.25, 0.3) is 0 Å². The van der Waals surface area contributed by atoms with Gasteiger partial charge < -0.3 is 5.11 Å². The lowest BCUT2D eigenvalue weighted by molar-refractivity contribution is 0.471. The first-order chi connectivity index (χ1) is 11.0. The van der Waals surface area contributed by atoms with Crippen LogP contribution < -0.4 is 4.72 Å². The van der Waals surface area contributed by atoms with E-state index >= 15 is 0 Å². The highest BCUT2D eigenvalue weighted by Crippen LogP contribution is 2.34. The molecule has 0 saturated heterocycles. The van der Waals surface area contributed by atoms with Gasteiger partial charge in [-0.2, -0.15) is 4.37 Å². The van der Waals surface area contributed by atoms with Crippen molar-refractivity contribution in [2.24, 2.45) is 10.2 Å². The molecule has 0 amide bonds. The predicted octanol–water partition coefficient (Wildman–Crippen LogP) is 3.66. The van der Waals surface area contributed by atoms with Gasteiger partial charge in [-0.15, -0.1) is 10.2 Å². The van der Waals surface area contributed by atoms with Crippen molar-refractivity contribution in [3.05, 3.63) is 42.0 Å². The molecule has 0 aliphatic carbocycles. The van der Waals surface area contributed by atoms with Crippen LogP contribution in [0.25, 0.3) is 10.9 Å². The van der Waals surface area contributed by atoms with Crippen LogP contribution in [0, 0.1) is 6.92 Å². The number of hydrogen-bond donors (Lipinski definition) is 3. The Hall–Kier alpha value is -2.52. The fourth-order valence-electron chi connectivity index (χ4n) is 1.98. The maximum absolute atomic E-state index is 10.7. The van der Waals surface area contributed by atoms with E-state index in [0.29, 0.717) is 21.9 Å². The Morgan fingerprint density at radius 3 is 2.74 bits per heavy atom. The number of nitrogens with zero attached hydrogens (tertiary/aromatic N) is 3. The third kappa shape index (κ3) is 3.46. The van der Waals surface area contributed by atoms with Gasteiger partial charge in [0.2, 0.25) is 10.9 Å². The van der Waals surface area contributed by atoms with E-state index < -0.39 is 10.9 Å². The number of aryl methyl sites for hydroxylation is 1. The summed E-state index contributed by atoms with van der Waals surface area (Å²) >= 11 is 1.18. The van der Waals surface area contributed by atoms with Gasteiger partial charge in [0.15, 0.2) is 5.00 Å². The van der Waals surface area contributed by atoms with E-state index in [1.54, 1.807) is 43.3 Å². The van der Waals surface area contributed by atoms with E-state index in [0.717, 1.165) is 10.9 Å². The number of benzene rings is 2. The van der Waals surface area contributed by atoms with Crippen molar-refractivity contribution >= 4 is 49.7 Å². The molecule has 2 aromatic carbocycles. The Labute approximate surface area is 137 Å². The van der Waals surface area contributed by atoms with Crippen LogP contribution in [-0.2, 0) is 10.9 Å². The van der Waals surface area contributed by atoms with Crippen LogP contribution >= 0.6 is 11.5 Å². The lowest BCUT2D eigenvalue weighted by atomic mass is 10.2. The molecule has 1 heterocycles. The summed E-state index contributed by atoms with van der Waals surface area (Å²) in [6.45, 7) is 1.78. The molecule has 9 heteroatoms. The van der Waals surface area contributed by atoms with Crippen LogP contribution in [0.5, 0.6) is 5.75 Å². The topological polar surface area (TPSA) is 104 Å². The highest BCUT2D eigenvalue weighted by molar-refractivity contribution is 7.73. The second kappa shape index (κ2) is 6.31. The number of phenolic OH excluding ortho intramolecular Hbond substituents is 1. The summed E-state index contributed by atoms with van der Waals surface area (Å²) in [4.78, 5) is 0. The minimum absolute atomic E-state index is 0.203. The van der Waals surface area contributed by atoms with Gasteiger partial charge in [-0.25, -0.2) is 8.42 Å². The van der Waals surface area contributed by atoms with Crippen LogP contribution in [0.1, 0.15) is 5.56 Å². The molecule has 0 radical (unpaired) electrons. The van der Waals surface area contributed by atoms with Crippen LogP contribution in [0.2, 0.25) is 0 Å². The number of phenols is 1. The summed E-state index contributed by atoms with van der Waals surface area (Å²) in [6, 6.07) is 9.96. The average Bonchev–Trinajstić information content (AvgIpc) is 2.90. The SMILES string of the molecule is Cc1cc(/N=N/c2snc3ccc(N[SH](=O)=O)cc23)ccc1O. The van der Waals surface area contributed by atoms with Gasteiger partial charge in [-0.05, 0) is 60.4 Å². The fraction of sp³-hybridized carbons (Fsp3) is 0.0714. The van der Waals surface area contributed by atoms with Gasteiger partial charge in [-0.3, -0.25) is 4.72 Å². The smallest absolute Gasteiger partial charge is 0.222 e. The molecule has 0 spiro atoms. The largest absolute Gasteiger partial charge is 0.508 e. The zero-order chi connectivity index (χ0) is 16.4. The zero-order valence-electron chi connectivity index (χ0n) is 11.9. The molecule has 0 unspecified atom stereocenters. The second-order valence-corrected chi connectivity index (χ2v) is 6.25. The Bertz CT molecular complexity index is 971. The number of anilines is 1.